The summed E-state index contributed by atoms with van der Waals surface area (Å²) >= 11 is 0. The van der Waals surface area contributed by atoms with Crippen LogP contribution in [-0.4, -0.2) is 31.7 Å². The number of alkyl halides is 3. The molecular formula is C8H15F3N2O. The van der Waals surface area contributed by atoms with Crippen LogP contribution in [0, 0.1) is 0 Å². The average Bonchev–Trinajstić information content (AvgIpc) is 2.09. The van der Waals surface area contributed by atoms with Gasteiger partial charge in [0.25, 0.3) is 0 Å². The molecule has 0 aromatic heterocycles. The average molecular weight is 212 g/mol. The molecule has 0 saturated carbocycles. The number of rotatable bonds is 5. The molecule has 14 heavy (non-hydrogen) atoms. The van der Waals surface area contributed by atoms with E-state index >= 15 is 0 Å². The Bertz CT molecular complexity index is 182. The van der Waals surface area contributed by atoms with E-state index < -0.39 is 24.9 Å². The summed E-state index contributed by atoms with van der Waals surface area (Å²) in [6.07, 6.45) is -5.82. The van der Waals surface area contributed by atoms with Crippen molar-refractivity contribution in [3.05, 3.63) is 0 Å². The van der Waals surface area contributed by atoms with Crippen molar-refractivity contribution in [3.63, 3.8) is 0 Å². The van der Waals surface area contributed by atoms with Crippen molar-refractivity contribution in [1.29, 1.82) is 0 Å². The molecule has 0 aliphatic carbocycles. The molecular weight excluding hydrogens is 197 g/mol. The highest BCUT2D eigenvalue weighted by Gasteiger charge is 2.27. The van der Waals surface area contributed by atoms with Crippen LogP contribution >= 0.6 is 0 Å². The first-order chi connectivity index (χ1) is 6.35. The molecule has 0 aromatic rings. The summed E-state index contributed by atoms with van der Waals surface area (Å²) in [5.41, 5.74) is 0. The third kappa shape index (κ3) is 7.85. The van der Waals surface area contributed by atoms with E-state index in [1.165, 1.54) is 0 Å². The lowest BCUT2D eigenvalue weighted by Crippen LogP contribution is -2.37. The van der Waals surface area contributed by atoms with E-state index in [1.807, 2.05) is 6.92 Å². The van der Waals surface area contributed by atoms with Crippen LogP contribution < -0.4 is 10.6 Å². The number of hydrogen-bond donors (Lipinski definition) is 2. The Labute approximate surface area is 81.1 Å². The topological polar surface area (TPSA) is 41.1 Å². The lowest BCUT2D eigenvalue weighted by molar-refractivity contribution is -0.144. The van der Waals surface area contributed by atoms with Gasteiger partial charge in [0.1, 0.15) is 0 Å². The maximum atomic E-state index is 11.7. The van der Waals surface area contributed by atoms with Gasteiger partial charge in [0.2, 0.25) is 5.91 Å². The lowest BCUT2D eigenvalue weighted by Gasteiger charge is -2.11. The number of halogens is 3. The highest BCUT2D eigenvalue weighted by Crippen LogP contribution is 2.20. The lowest BCUT2D eigenvalue weighted by atomic mass is 10.2. The van der Waals surface area contributed by atoms with E-state index in [4.69, 9.17) is 0 Å². The van der Waals surface area contributed by atoms with Crippen molar-refractivity contribution in [2.75, 3.05) is 13.6 Å². The van der Waals surface area contributed by atoms with Crippen molar-refractivity contribution in [2.45, 2.75) is 32.0 Å². The molecule has 1 unspecified atom stereocenters. The third-order valence-corrected chi connectivity index (χ3v) is 1.73. The van der Waals surface area contributed by atoms with Gasteiger partial charge in [-0.15, -0.1) is 0 Å². The van der Waals surface area contributed by atoms with Gasteiger partial charge >= 0.3 is 6.18 Å². The van der Waals surface area contributed by atoms with E-state index in [0.29, 0.717) is 6.54 Å². The molecule has 1 amide bonds. The second kappa shape index (κ2) is 5.85. The van der Waals surface area contributed by atoms with E-state index in [2.05, 4.69) is 10.6 Å². The quantitative estimate of drug-likeness (QED) is 0.715. The standard InChI is InChI=1S/C8H15F3N2O/c1-6(12-2)5-13-7(14)3-4-8(9,10)11/h6,12H,3-5H2,1-2H3,(H,13,14). The van der Waals surface area contributed by atoms with Gasteiger partial charge in [-0.25, -0.2) is 0 Å². The molecule has 0 aliphatic rings. The largest absolute Gasteiger partial charge is 0.389 e. The first kappa shape index (κ1) is 13.2. The van der Waals surface area contributed by atoms with Gasteiger partial charge in [0, 0.05) is 19.0 Å². The van der Waals surface area contributed by atoms with Crippen LogP contribution in [0.15, 0.2) is 0 Å². The van der Waals surface area contributed by atoms with Crippen LogP contribution in [0.2, 0.25) is 0 Å². The maximum Gasteiger partial charge on any atom is 0.389 e. The summed E-state index contributed by atoms with van der Waals surface area (Å²) in [7, 11) is 1.71. The zero-order valence-corrected chi connectivity index (χ0v) is 8.24. The van der Waals surface area contributed by atoms with Gasteiger partial charge in [0.05, 0.1) is 6.42 Å². The molecule has 3 nitrogen and oxygen atoms in total. The molecule has 0 radical (unpaired) electrons. The molecule has 1 atom stereocenters. The van der Waals surface area contributed by atoms with Crippen LogP contribution in [-0.2, 0) is 4.79 Å². The second-order valence-electron chi connectivity index (χ2n) is 3.11. The Hall–Kier alpha value is -0.780. The van der Waals surface area contributed by atoms with Gasteiger partial charge in [-0.1, -0.05) is 0 Å². The number of hydrogen-bond acceptors (Lipinski definition) is 2. The predicted molar refractivity (Wildman–Crippen MR) is 46.8 cm³/mol. The Morgan fingerprint density at radius 2 is 2.00 bits per heavy atom. The van der Waals surface area contributed by atoms with Crippen molar-refractivity contribution in [1.82, 2.24) is 10.6 Å². The van der Waals surface area contributed by atoms with Gasteiger partial charge in [-0.05, 0) is 14.0 Å². The van der Waals surface area contributed by atoms with E-state index in [1.54, 1.807) is 7.05 Å². The van der Waals surface area contributed by atoms with Gasteiger partial charge in [-0.2, -0.15) is 13.2 Å². The van der Waals surface area contributed by atoms with E-state index in [-0.39, 0.29) is 6.04 Å². The fourth-order valence-electron chi connectivity index (χ4n) is 0.713. The Balaban J connectivity index is 3.57. The molecule has 0 bridgehead atoms. The molecule has 0 saturated heterocycles. The fraction of sp³-hybridized carbons (Fsp3) is 0.875. The monoisotopic (exact) mass is 212 g/mol. The zero-order valence-electron chi connectivity index (χ0n) is 8.24. The van der Waals surface area contributed by atoms with Crippen molar-refractivity contribution < 1.29 is 18.0 Å². The first-order valence-electron chi connectivity index (χ1n) is 4.36. The van der Waals surface area contributed by atoms with Crippen LogP contribution in [0.4, 0.5) is 13.2 Å². The number of amides is 1. The molecule has 0 heterocycles. The van der Waals surface area contributed by atoms with Crippen LogP contribution in [0.1, 0.15) is 19.8 Å². The zero-order chi connectivity index (χ0) is 11.2. The van der Waals surface area contributed by atoms with Gasteiger partial charge in [0.15, 0.2) is 0 Å². The number of carbonyl (C=O) groups excluding carboxylic acids is 1. The highest BCUT2D eigenvalue weighted by molar-refractivity contribution is 5.75. The van der Waals surface area contributed by atoms with Gasteiger partial charge in [-0.3, -0.25) is 4.79 Å². The number of carbonyl (C=O) groups is 1. The smallest absolute Gasteiger partial charge is 0.355 e. The minimum atomic E-state index is -4.26. The first-order valence-corrected chi connectivity index (χ1v) is 4.36. The summed E-state index contributed by atoms with van der Waals surface area (Å²) in [5, 5.41) is 5.26. The van der Waals surface area contributed by atoms with Crippen molar-refractivity contribution >= 4 is 5.91 Å². The van der Waals surface area contributed by atoms with E-state index in [9.17, 15) is 18.0 Å². The summed E-state index contributed by atoms with van der Waals surface area (Å²) in [6, 6.07) is 0.0600. The third-order valence-electron chi connectivity index (χ3n) is 1.73. The maximum absolute atomic E-state index is 11.7. The Morgan fingerprint density at radius 3 is 2.43 bits per heavy atom. The van der Waals surface area contributed by atoms with Crippen molar-refractivity contribution in [3.8, 4) is 0 Å². The molecule has 0 fully saturated rings. The molecule has 0 spiro atoms. The summed E-state index contributed by atoms with van der Waals surface area (Å²) in [4.78, 5) is 10.9. The fourth-order valence-corrected chi connectivity index (χ4v) is 0.713. The SMILES string of the molecule is CNC(C)CNC(=O)CCC(F)(F)F. The van der Waals surface area contributed by atoms with Crippen LogP contribution in [0.5, 0.6) is 0 Å². The molecule has 2 N–H and O–H groups in total. The second-order valence-corrected chi connectivity index (χ2v) is 3.11. The van der Waals surface area contributed by atoms with E-state index in [0.717, 1.165) is 0 Å². The van der Waals surface area contributed by atoms with Crippen LogP contribution in [0.25, 0.3) is 0 Å². The molecule has 0 rings (SSSR count). The summed E-state index contributed by atoms with van der Waals surface area (Å²) in [6.45, 7) is 2.16. The molecule has 0 aromatic carbocycles. The summed E-state index contributed by atoms with van der Waals surface area (Å²) < 4.78 is 35.1. The molecule has 0 aliphatic heterocycles. The number of nitrogens with one attached hydrogen (secondary N) is 2. The Kier molecular flexibility index (Phi) is 5.52. The highest BCUT2D eigenvalue weighted by atomic mass is 19.4. The number of likely N-dealkylation sites (N-methyl/N-ethyl adjacent to an activating group) is 1. The van der Waals surface area contributed by atoms with Crippen molar-refractivity contribution in [2.24, 2.45) is 0 Å². The Morgan fingerprint density at radius 1 is 1.43 bits per heavy atom. The minimum Gasteiger partial charge on any atom is -0.355 e. The normalized spacial score (nSPS) is 13.8. The molecule has 84 valence electrons. The minimum absolute atomic E-state index is 0.0600. The molecule has 6 heteroatoms. The van der Waals surface area contributed by atoms with Gasteiger partial charge < -0.3 is 10.6 Å². The van der Waals surface area contributed by atoms with Crippen LogP contribution in [0.3, 0.4) is 0 Å². The summed E-state index contributed by atoms with van der Waals surface area (Å²) in [5.74, 6) is -0.565. The predicted octanol–water partition coefficient (Wildman–Crippen LogP) is 1.05.